The lowest BCUT2D eigenvalue weighted by molar-refractivity contribution is -0.140. The number of aliphatic carboxylic acids is 1. The molecule has 0 fully saturated rings. The second kappa shape index (κ2) is 8.03. The summed E-state index contributed by atoms with van der Waals surface area (Å²) in [5, 5.41) is 12.1. The van der Waals surface area contributed by atoms with Crippen LogP contribution in [0.25, 0.3) is 0 Å². The van der Waals surface area contributed by atoms with Crippen LogP contribution >= 0.6 is 0 Å². The fourth-order valence-corrected chi connectivity index (χ4v) is 2.38. The van der Waals surface area contributed by atoms with E-state index in [2.05, 4.69) is 32.2 Å². The van der Waals surface area contributed by atoms with Crippen LogP contribution in [-0.4, -0.2) is 30.3 Å². The first-order chi connectivity index (χ1) is 9.82. The highest BCUT2D eigenvalue weighted by Gasteiger charge is 2.20. The summed E-state index contributed by atoms with van der Waals surface area (Å²) in [4.78, 5) is 11.0. The van der Waals surface area contributed by atoms with Crippen molar-refractivity contribution in [2.24, 2.45) is 5.92 Å². The van der Waals surface area contributed by atoms with Gasteiger partial charge in [0.2, 0.25) is 0 Å². The topological polar surface area (TPSA) is 58.6 Å². The van der Waals surface area contributed by atoms with Gasteiger partial charge in [-0.25, -0.2) is 0 Å². The van der Waals surface area contributed by atoms with Crippen molar-refractivity contribution in [1.29, 1.82) is 0 Å². The molecule has 4 heteroatoms. The van der Waals surface area contributed by atoms with Gasteiger partial charge < -0.3 is 15.2 Å². The molecule has 0 heterocycles. The summed E-state index contributed by atoms with van der Waals surface area (Å²) >= 11 is 0. The molecule has 1 aromatic carbocycles. The Bertz CT molecular complexity index is 469. The van der Waals surface area contributed by atoms with E-state index in [4.69, 9.17) is 9.84 Å². The molecule has 21 heavy (non-hydrogen) atoms. The molecule has 2 N–H and O–H groups in total. The van der Waals surface area contributed by atoms with Gasteiger partial charge >= 0.3 is 5.97 Å². The largest absolute Gasteiger partial charge is 0.492 e. The average Bonchev–Trinajstić information content (AvgIpc) is 2.37. The molecule has 1 aromatic rings. The van der Waals surface area contributed by atoms with Crippen molar-refractivity contribution in [2.45, 2.75) is 46.6 Å². The Kier molecular flexibility index (Phi) is 6.69. The van der Waals surface area contributed by atoms with Gasteiger partial charge in [0.15, 0.2) is 0 Å². The van der Waals surface area contributed by atoms with Crippen LogP contribution in [0.5, 0.6) is 5.75 Å². The molecule has 0 spiro atoms. The number of carboxylic acid groups (broad SMARTS) is 1. The van der Waals surface area contributed by atoms with Crippen LogP contribution in [0.1, 0.15) is 44.7 Å². The molecule has 0 aliphatic heterocycles. The number of benzene rings is 1. The van der Waals surface area contributed by atoms with Crippen molar-refractivity contribution in [2.75, 3.05) is 13.2 Å². The van der Waals surface area contributed by atoms with Gasteiger partial charge in [0.05, 0.1) is 0 Å². The normalized spacial score (nSPS) is 12.7. The number of nitrogens with one attached hydrogen (secondary N) is 1. The zero-order chi connectivity index (χ0) is 16.0. The standard InChI is InChI=1S/C17H27NO3/c1-11(2)15-7-6-14(10-13(15)5)21-9-8-18-16(12(3)4)17(19)20/h6-7,10-12,16,18H,8-9H2,1-5H3,(H,19,20). The third kappa shape index (κ3) is 5.38. The van der Waals surface area contributed by atoms with E-state index in [-0.39, 0.29) is 5.92 Å². The maximum atomic E-state index is 11.0. The van der Waals surface area contributed by atoms with Crippen LogP contribution in [0.3, 0.4) is 0 Å². The van der Waals surface area contributed by atoms with Crippen LogP contribution in [0.15, 0.2) is 18.2 Å². The molecular weight excluding hydrogens is 266 g/mol. The Morgan fingerprint density at radius 3 is 2.43 bits per heavy atom. The minimum Gasteiger partial charge on any atom is -0.492 e. The molecule has 0 aromatic heterocycles. The Morgan fingerprint density at radius 2 is 1.95 bits per heavy atom. The summed E-state index contributed by atoms with van der Waals surface area (Å²) in [6.07, 6.45) is 0. The van der Waals surface area contributed by atoms with E-state index < -0.39 is 12.0 Å². The SMILES string of the molecule is Cc1cc(OCCNC(C(=O)O)C(C)C)ccc1C(C)C. The second-order valence-electron chi connectivity index (χ2n) is 6.04. The quantitative estimate of drug-likeness (QED) is 0.723. The van der Waals surface area contributed by atoms with E-state index in [1.165, 1.54) is 11.1 Å². The highest BCUT2D eigenvalue weighted by molar-refractivity contribution is 5.73. The first kappa shape index (κ1) is 17.5. The molecule has 0 aliphatic rings. The molecule has 0 amide bonds. The first-order valence-corrected chi connectivity index (χ1v) is 7.52. The summed E-state index contributed by atoms with van der Waals surface area (Å²) in [5.41, 5.74) is 2.55. The lowest BCUT2D eigenvalue weighted by atomic mass is 9.98. The summed E-state index contributed by atoms with van der Waals surface area (Å²) in [6.45, 7) is 11.2. The van der Waals surface area contributed by atoms with Crippen LogP contribution < -0.4 is 10.1 Å². The maximum Gasteiger partial charge on any atom is 0.320 e. The summed E-state index contributed by atoms with van der Waals surface area (Å²) in [5.74, 6) is 0.565. The molecule has 1 atom stereocenters. The monoisotopic (exact) mass is 293 g/mol. The third-order valence-electron chi connectivity index (χ3n) is 3.53. The molecule has 1 unspecified atom stereocenters. The molecule has 0 bridgehead atoms. The van der Waals surface area contributed by atoms with Gasteiger partial charge in [0.25, 0.3) is 0 Å². The van der Waals surface area contributed by atoms with E-state index in [9.17, 15) is 4.79 Å². The second-order valence-corrected chi connectivity index (χ2v) is 6.04. The van der Waals surface area contributed by atoms with Crippen LogP contribution in [0.2, 0.25) is 0 Å². The number of hydrogen-bond acceptors (Lipinski definition) is 3. The fraction of sp³-hybridized carbons (Fsp3) is 0.588. The fourth-order valence-electron chi connectivity index (χ4n) is 2.38. The Morgan fingerprint density at radius 1 is 1.29 bits per heavy atom. The molecule has 0 aliphatic carbocycles. The van der Waals surface area contributed by atoms with Gasteiger partial charge in [-0.15, -0.1) is 0 Å². The molecule has 118 valence electrons. The van der Waals surface area contributed by atoms with Gasteiger partial charge in [-0.3, -0.25) is 4.79 Å². The smallest absolute Gasteiger partial charge is 0.320 e. The predicted molar refractivity (Wildman–Crippen MR) is 85.0 cm³/mol. The average molecular weight is 293 g/mol. The Balaban J connectivity index is 2.46. The lowest BCUT2D eigenvalue weighted by Gasteiger charge is -2.18. The number of rotatable bonds is 8. The molecule has 0 saturated carbocycles. The maximum absolute atomic E-state index is 11.0. The number of hydrogen-bond donors (Lipinski definition) is 2. The van der Waals surface area contributed by atoms with Crippen molar-refractivity contribution in [3.63, 3.8) is 0 Å². The zero-order valence-electron chi connectivity index (χ0n) is 13.6. The molecule has 0 radical (unpaired) electrons. The van der Waals surface area contributed by atoms with Crippen LogP contribution in [0, 0.1) is 12.8 Å². The van der Waals surface area contributed by atoms with Gasteiger partial charge in [-0.1, -0.05) is 33.8 Å². The summed E-state index contributed by atoms with van der Waals surface area (Å²) in [7, 11) is 0. The van der Waals surface area contributed by atoms with E-state index >= 15 is 0 Å². The van der Waals surface area contributed by atoms with E-state index in [1.54, 1.807) is 0 Å². The van der Waals surface area contributed by atoms with Crippen molar-refractivity contribution in [3.05, 3.63) is 29.3 Å². The molecular formula is C17H27NO3. The Labute approximate surface area is 127 Å². The predicted octanol–water partition coefficient (Wildman–Crippen LogP) is 3.20. The highest BCUT2D eigenvalue weighted by Crippen LogP contribution is 2.23. The van der Waals surface area contributed by atoms with Gasteiger partial charge in [0, 0.05) is 6.54 Å². The Hall–Kier alpha value is -1.55. The number of carboxylic acids is 1. The zero-order valence-corrected chi connectivity index (χ0v) is 13.6. The highest BCUT2D eigenvalue weighted by atomic mass is 16.5. The van der Waals surface area contributed by atoms with E-state index in [0.717, 1.165) is 5.75 Å². The molecule has 0 saturated heterocycles. The minimum atomic E-state index is -0.817. The van der Waals surface area contributed by atoms with Crippen molar-refractivity contribution in [1.82, 2.24) is 5.32 Å². The van der Waals surface area contributed by atoms with Crippen molar-refractivity contribution < 1.29 is 14.6 Å². The van der Waals surface area contributed by atoms with Gasteiger partial charge in [-0.2, -0.15) is 0 Å². The summed E-state index contributed by atoms with van der Waals surface area (Å²) in [6, 6.07) is 5.57. The van der Waals surface area contributed by atoms with Crippen LogP contribution in [-0.2, 0) is 4.79 Å². The number of ether oxygens (including phenoxy) is 1. The first-order valence-electron chi connectivity index (χ1n) is 7.52. The van der Waals surface area contributed by atoms with Crippen LogP contribution in [0.4, 0.5) is 0 Å². The minimum absolute atomic E-state index is 0.0510. The van der Waals surface area contributed by atoms with E-state index in [0.29, 0.717) is 19.1 Å². The molecule has 4 nitrogen and oxygen atoms in total. The summed E-state index contributed by atoms with van der Waals surface area (Å²) < 4.78 is 5.68. The van der Waals surface area contributed by atoms with Gasteiger partial charge in [-0.05, 0) is 42.0 Å². The lowest BCUT2D eigenvalue weighted by Crippen LogP contribution is -2.42. The third-order valence-corrected chi connectivity index (χ3v) is 3.53. The number of aryl methyl sites for hydroxylation is 1. The van der Waals surface area contributed by atoms with Gasteiger partial charge in [0.1, 0.15) is 18.4 Å². The van der Waals surface area contributed by atoms with E-state index in [1.807, 2.05) is 26.0 Å². The number of carbonyl (C=O) groups is 1. The van der Waals surface area contributed by atoms with Crippen molar-refractivity contribution >= 4 is 5.97 Å². The van der Waals surface area contributed by atoms with Crippen molar-refractivity contribution in [3.8, 4) is 5.75 Å². The molecule has 1 rings (SSSR count).